The summed E-state index contributed by atoms with van der Waals surface area (Å²) >= 11 is 0. The number of carbonyl (C=O) groups is 2. The molecule has 6 nitrogen and oxygen atoms in total. The van der Waals surface area contributed by atoms with Crippen molar-refractivity contribution >= 4 is 11.9 Å². The van der Waals surface area contributed by atoms with Gasteiger partial charge in [0.15, 0.2) is 0 Å². The first kappa shape index (κ1) is 19.1. The molecule has 0 atom stereocenters. The summed E-state index contributed by atoms with van der Waals surface area (Å²) in [5.41, 5.74) is 2.10. The zero-order valence-electron chi connectivity index (χ0n) is 15.7. The maximum absolute atomic E-state index is 12.6. The van der Waals surface area contributed by atoms with Crippen molar-refractivity contribution in [3.63, 3.8) is 0 Å². The van der Waals surface area contributed by atoms with Gasteiger partial charge in [0.05, 0.1) is 13.1 Å². The number of hydrogen-bond acceptors (Lipinski definition) is 3. The lowest BCUT2D eigenvalue weighted by Gasteiger charge is -2.27. The molecular formula is C19H29N3O3. The lowest BCUT2D eigenvalue weighted by Crippen LogP contribution is -2.43. The molecule has 0 saturated carbocycles. The third-order valence-electron chi connectivity index (χ3n) is 4.54. The number of amides is 3. The molecule has 0 aliphatic carbocycles. The highest BCUT2D eigenvalue weighted by Gasteiger charge is 2.23. The van der Waals surface area contributed by atoms with Crippen molar-refractivity contribution in [3.05, 3.63) is 29.3 Å². The molecule has 0 spiro atoms. The van der Waals surface area contributed by atoms with Crippen molar-refractivity contribution in [1.29, 1.82) is 0 Å². The Balaban J connectivity index is 2.11. The van der Waals surface area contributed by atoms with Crippen molar-refractivity contribution in [2.24, 2.45) is 0 Å². The Kier molecular flexibility index (Phi) is 6.67. The van der Waals surface area contributed by atoms with E-state index in [1.807, 2.05) is 35.8 Å². The van der Waals surface area contributed by atoms with Crippen LogP contribution < -0.4 is 4.74 Å². The van der Waals surface area contributed by atoms with Crippen LogP contribution in [0.25, 0.3) is 0 Å². The molecule has 6 heteroatoms. The summed E-state index contributed by atoms with van der Waals surface area (Å²) in [4.78, 5) is 29.7. The van der Waals surface area contributed by atoms with E-state index in [1.165, 1.54) is 0 Å². The number of benzene rings is 1. The quantitative estimate of drug-likeness (QED) is 0.822. The van der Waals surface area contributed by atoms with Gasteiger partial charge in [-0.15, -0.1) is 0 Å². The molecule has 0 radical (unpaired) electrons. The Morgan fingerprint density at radius 1 is 1.20 bits per heavy atom. The first-order valence-electron chi connectivity index (χ1n) is 8.94. The van der Waals surface area contributed by atoms with E-state index in [1.54, 1.807) is 19.0 Å². The van der Waals surface area contributed by atoms with E-state index in [0.717, 1.165) is 16.9 Å². The summed E-state index contributed by atoms with van der Waals surface area (Å²) in [7, 11) is 3.54. The molecule has 0 N–H and O–H groups in total. The Bertz CT molecular complexity index is 612. The van der Waals surface area contributed by atoms with Crippen LogP contribution in [-0.4, -0.2) is 67.0 Å². The highest BCUT2D eigenvalue weighted by Crippen LogP contribution is 2.25. The molecular weight excluding hydrogens is 318 g/mol. The van der Waals surface area contributed by atoms with Gasteiger partial charge >= 0.3 is 6.03 Å². The summed E-state index contributed by atoms with van der Waals surface area (Å²) < 4.78 is 5.81. The van der Waals surface area contributed by atoms with Gasteiger partial charge in [0.2, 0.25) is 5.91 Å². The number of ether oxygens (including phenoxy) is 1. The molecule has 3 amide bonds. The first-order chi connectivity index (χ1) is 12.0. The van der Waals surface area contributed by atoms with Gasteiger partial charge < -0.3 is 19.4 Å². The molecule has 1 heterocycles. The molecule has 0 unspecified atom stereocenters. The standard InChI is InChI=1S/C19H29N3O3/c1-5-21(6-2)19(24)22-11-12-25-17-9-7-15(13-16(17)14-22)8-10-18(23)20(3)4/h7,9,13H,5-6,8,10-12,14H2,1-4H3. The summed E-state index contributed by atoms with van der Waals surface area (Å²) in [6.07, 6.45) is 1.17. The summed E-state index contributed by atoms with van der Waals surface area (Å²) in [5.74, 6) is 0.946. The van der Waals surface area contributed by atoms with E-state index in [9.17, 15) is 9.59 Å². The van der Waals surface area contributed by atoms with Crippen molar-refractivity contribution < 1.29 is 14.3 Å². The minimum Gasteiger partial charge on any atom is -0.491 e. The van der Waals surface area contributed by atoms with E-state index in [4.69, 9.17) is 4.74 Å². The number of hydrogen-bond donors (Lipinski definition) is 0. The number of nitrogens with zero attached hydrogens (tertiary/aromatic N) is 3. The molecule has 1 aromatic carbocycles. The normalized spacial score (nSPS) is 13.5. The van der Waals surface area contributed by atoms with Gasteiger partial charge in [-0.25, -0.2) is 4.79 Å². The molecule has 2 rings (SSSR count). The van der Waals surface area contributed by atoms with Crippen molar-refractivity contribution in [2.75, 3.05) is 40.3 Å². The van der Waals surface area contributed by atoms with Gasteiger partial charge in [-0.05, 0) is 31.9 Å². The minimum atomic E-state index is 0.0506. The average Bonchev–Trinajstić information content (AvgIpc) is 2.82. The van der Waals surface area contributed by atoms with Gasteiger partial charge in [-0.1, -0.05) is 12.1 Å². The van der Waals surface area contributed by atoms with Crippen molar-refractivity contribution in [2.45, 2.75) is 33.2 Å². The predicted octanol–water partition coefficient (Wildman–Crippen LogP) is 2.36. The van der Waals surface area contributed by atoms with Crippen LogP contribution in [0.5, 0.6) is 5.75 Å². The second-order valence-electron chi connectivity index (χ2n) is 6.46. The van der Waals surface area contributed by atoms with Gasteiger partial charge in [0.1, 0.15) is 12.4 Å². The smallest absolute Gasteiger partial charge is 0.320 e. The van der Waals surface area contributed by atoms with E-state index < -0.39 is 0 Å². The fourth-order valence-corrected chi connectivity index (χ4v) is 2.94. The summed E-state index contributed by atoms with van der Waals surface area (Å²) in [6, 6.07) is 6.07. The largest absolute Gasteiger partial charge is 0.491 e. The summed E-state index contributed by atoms with van der Waals surface area (Å²) in [5, 5.41) is 0. The monoisotopic (exact) mass is 347 g/mol. The highest BCUT2D eigenvalue weighted by atomic mass is 16.5. The number of aryl methyl sites for hydroxylation is 1. The third kappa shape index (κ3) is 4.87. The van der Waals surface area contributed by atoms with Crippen LogP contribution in [0.1, 0.15) is 31.4 Å². The molecule has 138 valence electrons. The minimum absolute atomic E-state index is 0.0506. The van der Waals surface area contributed by atoms with Crippen LogP contribution in [0.15, 0.2) is 18.2 Å². The molecule has 1 aromatic rings. The van der Waals surface area contributed by atoms with E-state index in [2.05, 4.69) is 6.07 Å². The maximum atomic E-state index is 12.6. The number of rotatable bonds is 5. The summed E-state index contributed by atoms with van der Waals surface area (Å²) in [6.45, 7) is 7.00. The molecule has 0 bridgehead atoms. The molecule has 0 saturated heterocycles. The number of fused-ring (bicyclic) bond motifs is 1. The second kappa shape index (κ2) is 8.74. The van der Waals surface area contributed by atoms with Gasteiger partial charge in [0.25, 0.3) is 0 Å². The SMILES string of the molecule is CCN(CC)C(=O)N1CCOc2ccc(CCC(=O)N(C)C)cc2C1. The van der Waals surface area contributed by atoms with Gasteiger partial charge in [-0.2, -0.15) is 0 Å². The average molecular weight is 347 g/mol. The van der Waals surface area contributed by atoms with Crippen molar-refractivity contribution in [3.8, 4) is 5.75 Å². The zero-order chi connectivity index (χ0) is 18.4. The second-order valence-corrected chi connectivity index (χ2v) is 6.46. The van der Waals surface area contributed by atoms with E-state index >= 15 is 0 Å². The van der Waals surface area contributed by atoms with E-state index in [-0.39, 0.29) is 11.9 Å². The fourth-order valence-electron chi connectivity index (χ4n) is 2.94. The van der Waals surface area contributed by atoms with Crippen LogP contribution >= 0.6 is 0 Å². The zero-order valence-corrected chi connectivity index (χ0v) is 15.7. The Hall–Kier alpha value is -2.24. The van der Waals surface area contributed by atoms with Gasteiger partial charge in [-0.3, -0.25) is 4.79 Å². The fraction of sp³-hybridized carbons (Fsp3) is 0.579. The van der Waals surface area contributed by atoms with Crippen LogP contribution in [0.2, 0.25) is 0 Å². The first-order valence-corrected chi connectivity index (χ1v) is 8.94. The Morgan fingerprint density at radius 2 is 1.92 bits per heavy atom. The molecule has 0 aromatic heterocycles. The molecule has 1 aliphatic rings. The van der Waals surface area contributed by atoms with Crippen LogP contribution in [0, 0.1) is 0 Å². The van der Waals surface area contributed by atoms with Crippen molar-refractivity contribution in [1.82, 2.24) is 14.7 Å². The number of urea groups is 1. The van der Waals surface area contributed by atoms with Crippen LogP contribution in [-0.2, 0) is 17.8 Å². The highest BCUT2D eigenvalue weighted by molar-refractivity contribution is 5.76. The third-order valence-corrected chi connectivity index (χ3v) is 4.54. The Labute approximate surface area is 150 Å². The Morgan fingerprint density at radius 3 is 2.56 bits per heavy atom. The molecule has 25 heavy (non-hydrogen) atoms. The van der Waals surface area contributed by atoms with E-state index in [0.29, 0.717) is 45.6 Å². The lowest BCUT2D eigenvalue weighted by molar-refractivity contribution is -0.128. The topological polar surface area (TPSA) is 53.1 Å². The number of carbonyl (C=O) groups excluding carboxylic acids is 2. The maximum Gasteiger partial charge on any atom is 0.320 e. The van der Waals surface area contributed by atoms with Gasteiger partial charge in [0, 0.05) is 39.2 Å². The molecule has 1 aliphatic heterocycles. The van der Waals surface area contributed by atoms with Crippen LogP contribution in [0.4, 0.5) is 4.79 Å². The predicted molar refractivity (Wildman–Crippen MR) is 97.7 cm³/mol. The molecule has 0 fully saturated rings. The van der Waals surface area contributed by atoms with Crippen LogP contribution in [0.3, 0.4) is 0 Å². The lowest BCUT2D eigenvalue weighted by atomic mass is 10.0.